The van der Waals surface area contributed by atoms with Crippen LogP contribution in [0.15, 0.2) is 67.0 Å². The van der Waals surface area contributed by atoms with Gasteiger partial charge >= 0.3 is 0 Å². The van der Waals surface area contributed by atoms with Crippen LogP contribution in [0.1, 0.15) is 24.2 Å². The molecule has 136 valence electrons. The van der Waals surface area contributed by atoms with Gasteiger partial charge in [-0.3, -0.25) is 9.89 Å². The molecule has 0 aliphatic heterocycles. The average Bonchev–Trinajstić information content (AvgIpc) is 3.30. The molecule has 0 saturated carbocycles. The average molecular weight is 360 g/mol. The molecule has 1 amide bonds. The van der Waals surface area contributed by atoms with E-state index in [2.05, 4.69) is 15.5 Å². The Morgan fingerprint density at radius 2 is 1.96 bits per heavy atom. The largest absolute Gasteiger partial charge is 0.491 e. The number of carbonyl (C=O) groups is 1. The van der Waals surface area contributed by atoms with Gasteiger partial charge in [-0.05, 0) is 62.4 Å². The molecule has 4 aromatic rings. The van der Waals surface area contributed by atoms with Crippen LogP contribution in [0.4, 0.5) is 5.69 Å². The zero-order chi connectivity index (χ0) is 18.8. The second kappa shape index (κ2) is 6.99. The van der Waals surface area contributed by atoms with E-state index < -0.39 is 0 Å². The first-order valence-electron chi connectivity index (χ1n) is 8.80. The van der Waals surface area contributed by atoms with Crippen molar-refractivity contribution in [3.63, 3.8) is 0 Å². The number of fused-ring (bicyclic) bond motifs is 1. The molecule has 2 N–H and O–H groups in total. The van der Waals surface area contributed by atoms with E-state index >= 15 is 0 Å². The molecule has 3 heterocycles. The summed E-state index contributed by atoms with van der Waals surface area (Å²) >= 11 is 0. The van der Waals surface area contributed by atoms with Gasteiger partial charge in [-0.25, -0.2) is 0 Å². The summed E-state index contributed by atoms with van der Waals surface area (Å²) in [5, 5.41) is 9.91. The number of aromatic amines is 1. The van der Waals surface area contributed by atoms with Crippen LogP contribution in [0.3, 0.4) is 0 Å². The Labute approximate surface area is 156 Å². The molecule has 0 aliphatic rings. The zero-order valence-electron chi connectivity index (χ0n) is 15.1. The third-order valence-corrected chi connectivity index (χ3v) is 4.18. The molecular formula is C21H20N4O2. The van der Waals surface area contributed by atoms with Crippen LogP contribution >= 0.6 is 0 Å². The second-order valence-corrected chi connectivity index (χ2v) is 6.51. The van der Waals surface area contributed by atoms with E-state index in [4.69, 9.17) is 4.74 Å². The van der Waals surface area contributed by atoms with Gasteiger partial charge in [-0.2, -0.15) is 5.10 Å². The third-order valence-electron chi connectivity index (χ3n) is 4.18. The molecule has 0 unspecified atom stereocenters. The van der Waals surface area contributed by atoms with Crippen molar-refractivity contribution >= 4 is 17.1 Å². The Morgan fingerprint density at radius 1 is 1.15 bits per heavy atom. The molecule has 0 fully saturated rings. The molecule has 0 aliphatic carbocycles. The van der Waals surface area contributed by atoms with E-state index in [-0.39, 0.29) is 12.0 Å². The van der Waals surface area contributed by atoms with Crippen molar-refractivity contribution in [3.05, 3.63) is 72.6 Å². The number of hydrogen-bond acceptors (Lipinski definition) is 3. The number of benzene rings is 1. The number of H-pyrrole nitrogens is 1. The quantitative estimate of drug-likeness (QED) is 0.555. The molecular weight excluding hydrogens is 340 g/mol. The van der Waals surface area contributed by atoms with E-state index in [1.807, 2.05) is 79.0 Å². The fraction of sp³-hybridized carbons (Fsp3) is 0.143. The predicted octanol–water partition coefficient (Wildman–Crippen LogP) is 4.37. The lowest BCUT2D eigenvalue weighted by atomic mass is 10.2. The monoisotopic (exact) mass is 360 g/mol. The maximum atomic E-state index is 12.9. The van der Waals surface area contributed by atoms with E-state index in [1.54, 1.807) is 6.20 Å². The Bertz CT molecular complexity index is 1060. The summed E-state index contributed by atoms with van der Waals surface area (Å²) in [5.41, 5.74) is 3.89. The Hall–Kier alpha value is -3.54. The topological polar surface area (TPSA) is 71.4 Å². The van der Waals surface area contributed by atoms with Gasteiger partial charge in [0, 0.05) is 18.1 Å². The minimum atomic E-state index is -0.165. The van der Waals surface area contributed by atoms with E-state index in [1.165, 1.54) is 0 Å². The summed E-state index contributed by atoms with van der Waals surface area (Å²) in [7, 11) is 0. The molecule has 0 spiro atoms. The first kappa shape index (κ1) is 16.9. The number of hydrogen-bond donors (Lipinski definition) is 2. The normalized spacial score (nSPS) is 11.1. The number of rotatable bonds is 5. The number of ether oxygens (including phenoxy) is 1. The highest BCUT2D eigenvalue weighted by molar-refractivity contribution is 6.10. The van der Waals surface area contributed by atoms with Crippen LogP contribution in [-0.2, 0) is 0 Å². The fourth-order valence-corrected chi connectivity index (χ4v) is 3.03. The molecule has 6 heteroatoms. The number of nitrogens with zero attached hydrogens (tertiary/aromatic N) is 2. The van der Waals surface area contributed by atoms with Crippen molar-refractivity contribution in [1.29, 1.82) is 0 Å². The lowest BCUT2D eigenvalue weighted by Gasteiger charge is -2.10. The molecule has 6 nitrogen and oxygen atoms in total. The van der Waals surface area contributed by atoms with Crippen molar-refractivity contribution in [3.8, 4) is 17.1 Å². The van der Waals surface area contributed by atoms with Gasteiger partial charge in [0.1, 0.15) is 5.75 Å². The molecule has 0 saturated heterocycles. The zero-order valence-corrected chi connectivity index (χ0v) is 15.1. The Kier molecular flexibility index (Phi) is 4.38. The van der Waals surface area contributed by atoms with Crippen molar-refractivity contribution in [2.75, 3.05) is 5.32 Å². The standard InChI is InChI=1S/C21H20N4O2/c1-14(2)27-16-8-6-15(7-9-16)23-21(26)17-13-20(18-10-11-22-24-18)25-12-4-3-5-19(17)25/h3-14H,1-2H3,(H,22,24)(H,23,26). The van der Waals surface area contributed by atoms with Crippen molar-refractivity contribution in [2.24, 2.45) is 0 Å². The molecule has 1 aromatic carbocycles. The van der Waals surface area contributed by atoms with Gasteiger partial charge < -0.3 is 14.5 Å². The lowest BCUT2D eigenvalue weighted by Crippen LogP contribution is -2.11. The first-order valence-corrected chi connectivity index (χ1v) is 8.80. The van der Waals surface area contributed by atoms with Crippen molar-refractivity contribution in [1.82, 2.24) is 14.6 Å². The van der Waals surface area contributed by atoms with Crippen LogP contribution in [0, 0.1) is 0 Å². The highest BCUT2D eigenvalue weighted by atomic mass is 16.5. The van der Waals surface area contributed by atoms with E-state index in [0.29, 0.717) is 5.56 Å². The third kappa shape index (κ3) is 3.42. The number of amides is 1. The number of aromatic nitrogens is 3. The highest BCUT2D eigenvalue weighted by Crippen LogP contribution is 2.26. The van der Waals surface area contributed by atoms with Crippen LogP contribution < -0.4 is 10.1 Å². The van der Waals surface area contributed by atoms with Gasteiger partial charge in [0.15, 0.2) is 0 Å². The van der Waals surface area contributed by atoms with Crippen molar-refractivity contribution in [2.45, 2.75) is 20.0 Å². The van der Waals surface area contributed by atoms with Gasteiger partial charge in [0.25, 0.3) is 5.91 Å². The van der Waals surface area contributed by atoms with Gasteiger partial charge in [-0.1, -0.05) is 6.07 Å². The summed E-state index contributed by atoms with van der Waals surface area (Å²) < 4.78 is 7.61. The maximum absolute atomic E-state index is 12.9. The number of nitrogens with one attached hydrogen (secondary N) is 2. The summed E-state index contributed by atoms with van der Waals surface area (Å²) in [6.45, 7) is 3.95. The van der Waals surface area contributed by atoms with Gasteiger partial charge in [0.2, 0.25) is 0 Å². The Balaban J connectivity index is 1.63. The van der Waals surface area contributed by atoms with Crippen LogP contribution in [0.5, 0.6) is 5.75 Å². The number of carbonyl (C=O) groups excluding carboxylic acids is 1. The molecule has 0 atom stereocenters. The maximum Gasteiger partial charge on any atom is 0.257 e. The molecule has 0 bridgehead atoms. The highest BCUT2D eigenvalue weighted by Gasteiger charge is 2.17. The molecule has 4 rings (SSSR count). The summed E-state index contributed by atoms with van der Waals surface area (Å²) in [6.07, 6.45) is 3.73. The molecule has 3 aromatic heterocycles. The number of pyridine rings is 1. The minimum absolute atomic E-state index is 0.110. The molecule has 27 heavy (non-hydrogen) atoms. The smallest absolute Gasteiger partial charge is 0.257 e. The predicted molar refractivity (Wildman–Crippen MR) is 105 cm³/mol. The summed E-state index contributed by atoms with van der Waals surface area (Å²) in [4.78, 5) is 12.9. The first-order chi connectivity index (χ1) is 13.1. The molecule has 0 radical (unpaired) electrons. The summed E-state index contributed by atoms with van der Waals surface area (Å²) in [5.74, 6) is 0.612. The van der Waals surface area contributed by atoms with E-state index in [0.717, 1.165) is 28.3 Å². The lowest BCUT2D eigenvalue weighted by molar-refractivity contribution is 0.102. The SMILES string of the molecule is CC(C)Oc1ccc(NC(=O)c2cc(-c3ccn[nH]3)n3ccccc23)cc1. The van der Waals surface area contributed by atoms with Crippen LogP contribution in [0.2, 0.25) is 0 Å². The Morgan fingerprint density at radius 3 is 2.67 bits per heavy atom. The van der Waals surface area contributed by atoms with Gasteiger partial charge in [-0.15, -0.1) is 0 Å². The van der Waals surface area contributed by atoms with Crippen LogP contribution in [-0.4, -0.2) is 26.6 Å². The van der Waals surface area contributed by atoms with Gasteiger partial charge in [0.05, 0.1) is 28.6 Å². The van der Waals surface area contributed by atoms with E-state index in [9.17, 15) is 4.79 Å². The minimum Gasteiger partial charge on any atom is -0.491 e. The number of anilines is 1. The van der Waals surface area contributed by atoms with Crippen LogP contribution in [0.25, 0.3) is 16.9 Å². The second-order valence-electron chi connectivity index (χ2n) is 6.51. The van der Waals surface area contributed by atoms with Crippen molar-refractivity contribution < 1.29 is 9.53 Å². The summed E-state index contributed by atoms with van der Waals surface area (Å²) in [6, 6.07) is 16.9. The fourth-order valence-electron chi connectivity index (χ4n) is 3.03.